The fourth-order valence-electron chi connectivity index (χ4n) is 4.36. The zero-order valence-electron chi connectivity index (χ0n) is 16.9. The maximum atomic E-state index is 12.5. The molecule has 1 heterocycles. The van der Waals surface area contributed by atoms with Gasteiger partial charge in [-0.1, -0.05) is 25.5 Å². The lowest BCUT2D eigenvalue weighted by atomic mass is 9.75. The third kappa shape index (κ3) is 4.36. The van der Waals surface area contributed by atoms with Gasteiger partial charge in [0.2, 0.25) is 0 Å². The lowest BCUT2D eigenvalue weighted by Crippen LogP contribution is -2.42. The van der Waals surface area contributed by atoms with Crippen LogP contribution < -0.4 is 15.4 Å². The molecule has 2 amide bonds. The highest BCUT2D eigenvalue weighted by Crippen LogP contribution is 2.39. The molecular weight excluding hydrogens is 364 g/mol. The van der Waals surface area contributed by atoms with Crippen molar-refractivity contribution in [1.82, 2.24) is 15.3 Å². The van der Waals surface area contributed by atoms with Crippen LogP contribution >= 0.6 is 0 Å². The van der Waals surface area contributed by atoms with Gasteiger partial charge in [-0.25, -0.2) is 9.78 Å². The van der Waals surface area contributed by atoms with Crippen molar-refractivity contribution in [2.75, 3.05) is 12.4 Å². The van der Waals surface area contributed by atoms with Crippen LogP contribution in [0.3, 0.4) is 0 Å². The molecule has 152 valence electrons. The molecule has 1 saturated carbocycles. The van der Waals surface area contributed by atoms with E-state index < -0.39 is 0 Å². The number of aromatic amines is 1. The summed E-state index contributed by atoms with van der Waals surface area (Å²) in [6.45, 7) is 2.24. The average molecular weight is 393 g/mol. The van der Waals surface area contributed by atoms with E-state index in [1.807, 2.05) is 42.5 Å². The van der Waals surface area contributed by atoms with E-state index in [0.717, 1.165) is 54.0 Å². The van der Waals surface area contributed by atoms with Crippen molar-refractivity contribution in [3.05, 3.63) is 54.4 Å². The molecule has 6 nitrogen and oxygen atoms in total. The van der Waals surface area contributed by atoms with Gasteiger partial charge in [-0.05, 0) is 61.6 Å². The number of nitrogens with one attached hydrogen (secondary N) is 3. The minimum Gasteiger partial charge on any atom is -0.497 e. The number of carbonyl (C=O) groups excluding carboxylic acids is 1. The number of urea groups is 1. The monoisotopic (exact) mass is 392 g/mol. The number of H-pyrrole nitrogens is 1. The Morgan fingerprint density at radius 2 is 1.97 bits per heavy atom. The first-order chi connectivity index (χ1) is 14.2. The van der Waals surface area contributed by atoms with Gasteiger partial charge in [-0.15, -0.1) is 0 Å². The molecule has 1 aliphatic rings. The van der Waals surface area contributed by atoms with E-state index in [9.17, 15) is 4.79 Å². The summed E-state index contributed by atoms with van der Waals surface area (Å²) in [6.07, 6.45) is 4.10. The number of nitrogens with zero attached hydrogens (tertiary/aromatic N) is 1. The van der Waals surface area contributed by atoms with Crippen molar-refractivity contribution in [3.8, 4) is 5.75 Å². The van der Waals surface area contributed by atoms with E-state index in [4.69, 9.17) is 9.72 Å². The third-order valence-electron chi connectivity index (χ3n) is 5.96. The van der Waals surface area contributed by atoms with Crippen LogP contribution in [0.1, 0.15) is 44.3 Å². The Hall–Kier alpha value is -3.02. The zero-order valence-corrected chi connectivity index (χ0v) is 16.9. The number of hydrogen-bond donors (Lipinski definition) is 3. The Labute approximate surface area is 171 Å². The Morgan fingerprint density at radius 3 is 2.69 bits per heavy atom. The highest BCUT2D eigenvalue weighted by molar-refractivity contribution is 5.89. The van der Waals surface area contributed by atoms with Crippen LogP contribution in [0.15, 0.2) is 48.5 Å². The molecule has 1 unspecified atom stereocenters. The van der Waals surface area contributed by atoms with E-state index in [-0.39, 0.29) is 12.1 Å². The number of amides is 2. The van der Waals surface area contributed by atoms with Crippen molar-refractivity contribution in [2.45, 2.75) is 44.6 Å². The Bertz CT molecular complexity index is 933. The van der Waals surface area contributed by atoms with E-state index in [1.54, 1.807) is 7.11 Å². The smallest absolute Gasteiger partial charge is 0.319 e. The first kappa shape index (κ1) is 19.3. The molecular formula is C23H28N4O2. The molecule has 29 heavy (non-hydrogen) atoms. The first-order valence-electron chi connectivity index (χ1n) is 10.3. The molecule has 0 aliphatic heterocycles. The van der Waals surface area contributed by atoms with Crippen LogP contribution in [0, 0.1) is 5.92 Å². The fourth-order valence-corrected chi connectivity index (χ4v) is 4.36. The molecule has 0 radical (unpaired) electrons. The largest absolute Gasteiger partial charge is 0.497 e. The number of benzene rings is 2. The average Bonchev–Trinajstić information content (AvgIpc) is 3.18. The second-order valence-electron chi connectivity index (χ2n) is 7.75. The van der Waals surface area contributed by atoms with Crippen LogP contribution in [0.4, 0.5) is 10.5 Å². The van der Waals surface area contributed by atoms with Crippen molar-refractivity contribution >= 4 is 22.8 Å². The number of imidazole rings is 1. The fraction of sp³-hybridized carbons (Fsp3) is 0.391. The molecule has 1 aromatic heterocycles. The van der Waals surface area contributed by atoms with Crippen LogP contribution in [-0.2, 0) is 0 Å². The maximum absolute atomic E-state index is 12.5. The van der Waals surface area contributed by atoms with E-state index in [2.05, 4.69) is 28.6 Å². The summed E-state index contributed by atoms with van der Waals surface area (Å²) in [5.41, 5.74) is 2.83. The predicted octanol–water partition coefficient (Wildman–Crippen LogP) is 5.06. The SMILES string of the molecule is CCC1CC[C@@H](NC(=O)Nc2ccc(OC)cc2)C[C@@H]1c1nc2ccccc2[nH]1. The molecule has 0 bridgehead atoms. The number of methoxy groups -OCH3 is 1. The molecule has 1 fully saturated rings. The van der Waals surface area contributed by atoms with Crippen molar-refractivity contribution < 1.29 is 9.53 Å². The van der Waals surface area contributed by atoms with Gasteiger partial charge >= 0.3 is 6.03 Å². The standard InChI is InChI=1S/C23H28N4O2/c1-3-15-8-9-17(25-23(28)24-16-10-12-18(29-2)13-11-16)14-19(15)22-26-20-6-4-5-7-21(20)27-22/h4-7,10-13,15,17,19H,3,8-9,14H2,1-2H3,(H,26,27)(H2,24,25,28)/t15?,17-,19+/m1/s1. The molecule has 3 atom stereocenters. The molecule has 3 aromatic rings. The maximum Gasteiger partial charge on any atom is 0.319 e. The number of hydrogen-bond acceptors (Lipinski definition) is 3. The summed E-state index contributed by atoms with van der Waals surface area (Å²) < 4.78 is 5.15. The van der Waals surface area contributed by atoms with Gasteiger partial charge in [0, 0.05) is 17.6 Å². The molecule has 6 heteroatoms. The van der Waals surface area contributed by atoms with Gasteiger partial charge in [0.1, 0.15) is 11.6 Å². The molecule has 0 spiro atoms. The van der Waals surface area contributed by atoms with Crippen LogP contribution in [0.2, 0.25) is 0 Å². The van der Waals surface area contributed by atoms with Crippen molar-refractivity contribution in [1.29, 1.82) is 0 Å². The summed E-state index contributed by atoms with van der Waals surface area (Å²) in [4.78, 5) is 20.8. The predicted molar refractivity (Wildman–Crippen MR) is 115 cm³/mol. The normalized spacial score (nSPS) is 21.7. The minimum atomic E-state index is -0.168. The van der Waals surface area contributed by atoms with Crippen LogP contribution in [0.25, 0.3) is 11.0 Å². The van der Waals surface area contributed by atoms with E-state index in [1.165, 1.54) is 0 Å². The number of para-hydroxylation sites is 2. The quantitative estimate of drug-likeness (QED) is 0.568. The first-order valence-corrected chi connectivity index (χ1v) is 10.3. The van der Waals surface area contributed by atoms with Gasteiger partial charge in [0.05, 0.1) is 18.1 Å². The van der Waals surface area contributed by atoms with E-state index >= 15 is 0 Å². The number of aromatic nitrogens is 2. The molecule has 0 saturated heterocycles. The lowest BCUT2D eigenvalue weighted by molar-refractivity contribution is 0.224. The second-order valence-corrected chi connectivity index (χ2v) is 7.75. The number of anilines is 1. The highest BCUT2D eigenvalue weighted by Gasteiger charge is 2.33. The van der Waals surface area contributed by atoms with Gasteiger partial charge in [0.25, 0.3) is 0 Å². The Balaban J connectivity index is 1.42. The van der Waals surface area contributed by atoms with Gasteiger partial charge in [-0.3, -0.25) is 0 Å². The zero-order chi connectivity index (χ0) is 20.2. The number of ether oxygens (including phenoxy) is 1. The molecule has 2 aromatic carbocycles. The summed E-state index contributed by atoms with van der Waals surface area (Å²) in [7, 11) is 1.63. The van der Waals surface area contributed by atoms with Gasteiger partial charge in [-0.2, -0.15) is 0 Å². The van der Waals surface area contributed by atoms with Crippen LogP contribution in [0.5, 0.6) is 5.75 Å². The third-order valence-corrected chi connectivity index (χ3v) is 5.96. The van der Waals surface area contributed by atoms with Crippen molar-refractivity contribution in [2.24, 2.45) is 5.92 Å². The second kappa shape index (κ2) is 8.55. The lowest BCUT2D eigenvalue weighted by Gasteiger charge is -2.35. The molecule has 3 N–H and O–H groups in total. The number of fused-ring (bicyclic) bond motifs is 1. The Morgan fingerprint density at radius 1 is 1.17 bits per heavy atom. The summed E-state index contributed by atoms with van der Waals surface area (Å²) in [5, 5.41) is 6.06. The molecule has 4 rings (SSSR count). The van der Waals surface area contributed by atoms with Gasteiger partial charge < -0.3 is 20.4 Å². The molecule has 1 aliphatic carbocycles. The minimum absolute atomic E-state index is 0.134. The van der Waals surface area contributed by atoms with Gasteiger partial charge in [0.15, 0.2) is 0 Å². The summed E-state index contributed by atoms with van der Waals surface area (Å²) >= 11 is 0. The topological polar surface area (TPSA) is 79.0 Å². The number of carbonyl (C=O) groups is 1. The Kier molecular flexibility index (Phi) is 5.69. The van der Waals surface area contributed by atoms with Crippen molar-refractivity contribution in [3.63, 3.8) is 0 Å². The summed E-state index contributed by atoms with van der Waals surface area (Å²) in [5.74, 6) is 2.72. The van der Waals surface area contributed by atoms with E-state index in [0.29, 0.717) is 11.8 Å². The summed E-state index contributed by atoms with van der Waals surface area (Å²) in [6, 6.07) is 15.4. The van der Waals surface area contributed by atoms with Crippen LogP contribution in [-0.4, -0.2) is 29.2 Å². The highest BCUT2D eigenvalue weighted by atomic mass is 16.5. The number of rotatable bonds is 5.